The third-order valence-corrected chi connectivity index (χ3v) is 3.55. The van der Waals surface area contributed by atoms with Crippen molar-refractivity contribution in [2.45, 2.75) is 38.2 Å². The summed E-state index contributed by atoms with van der Waals surface area (Å²) in [6.45, 7) is 2.61. The molecule has 4 nitrogen and oxygen atoms in total. The smallest absolute Gasteiger partial charge is 0.167 e. The van der Waals surface area contributed by atoms with E-state index >= 15 is 0 Å². The molecular formula is C14H21FN2O2. The number of nitrogen functional groups attached to an aromatic ring is 1. The minimum atomic E-state index is -0.674. The fraction of sp³-hybridized carbons (Fsp3) is 0.571. The van der Waals surface area contributed by atoms with E-state index in [9.17, 15) is 9.50 Å². The standard InChI is InChI=1S/C14H21FN2O2/c1-2-19-13-8-12(11(16)7-10(13)15)17-9-14(18)5-3-4-6-14/h7-8,17-18H,2-6,9,16H2,1H3. The second-order valence-electron chi connectivity index (χ2n) is 5.09. The summed E-state index contributed by atoms with van der Waals surface area (Å²) < 4.78 is 18.7. The first-order valence-electron chi connectivity index (χ1n) is 6.72. The van der Waals surface area contributed by atoms with E-state index in [0.29, 0.717) is 24.5 Å². The molecule has 0 radical (unpaired) electrons. The summed E-state index contributed by atoms with van der Waals surface area (Å²) in [5, 5.41) is 13.4. The van der Waals surface area contributed by atoms with E-state index in [2.05, 4.69) is 5.32 Å². The number of nitrogens with one attached hydrogen (secondary N) is 1. The first-order valence-corrected chi connectivity index (χ1v) is 6.72. The average molecular weight is 268 g/mol. The van der Waals surface area contributed by atoms with Crippen LogP contribution in [0.4, 0.5) is 15.8 Å². The van der Waals surface area contributed by atoms with Crippen molar-refractivity contribution < 1.29 is 14.2 Å². The van der Waals surface area contributed by atoms with Gasteiger partial charge in [0.2, 0.25) is 0 Å². The van der Waals surface area contributed by atoms with Gasteiger partial charge in [0.05, 0.1) is 23.6 Å². The largest absolute Gasteiger partial charge is 0.491 e. The molecule has 1 aromatic rings. The maximum atomic E-state index is 13.6. The molecule has 0 spiro atoms. The highest BCUT2D eigenvalue weighted by Gasteiger charge is 2.30. The van der Waals surface area contributed by atoms with Crippen LogP contribution in [-0.4, -0.2) is 23.9 Å². The predicted molar refractivity (Wildman–Crippen MR) is 73.9 cm³/mol. The molecular weight excluding hydrogens is 247 g/mol. The molecule has 1 fully saturated rings. The zero-order valence-electron chi connectivity index (χ0n) is 11.2. The molecule has 0 bridgehead atoms. The van der Waals surface area contributed by atoms with Gasteiger partial charge < -0.3 is 20.9 Å². The molecule has 1 aliphatic carbocycles. The molecule has 0 aliphatic heterocycles. The zero-order chi connectivity index (χ0) is 13.9. The maximum absolute atomic E-state index is 13.6. The number of benzene rings is 1. The van der Waals surface area contributed by atoms with Crippen LogP contribution in [0.3, 0.4) is 0 Å². The molecule has 0 heterocycles. The number of aliphatic hydroxyl groups is 1. The van der Waals surface area contributed by atoms with Gasteiger partial charge in [-0.25, -0.2) is 4.39 Å². The van der Waals surface area contributed by atoms with Gasteiger partial charge in [-0.1, -0.05) is 12.8 Å². The normalized spacial score (nSPS) is 17.4. The second-order valence-corrected chi connectivity index (χ2v) is 5.09. The van der Waals surface area contributed by atoms with Gasteiger partial charge in [-0.3, -0.25) is 0 Å². The number of anilines is 2. The van der Waals surface area contributed by atoms with Crippen molar-refractivity contribution in [1.82, 2.24) is 0 Å². The van der Waals surface area contributed by atoms with Gasteiger partial charge in [0, 0.05) is 18.7 Å². The van der Waals surface area contributed by atoms with Crippen molar-refractivity contribution in [2.24, 2.45) is 0 Å². The lowest BCUT2D eigenvalue weighted by Crippen LogP contribution is -2.33. The van der Waals surface area contributed by atoms with E-state index in [-0.39, 0.29) is 5.75 Å². The second kappa shape index (κ2) is 5.65. The lowest BCUT2D eigenvalue weighted by atomic mass is 10.0. The molecule has 19 heavy (non-hydrogen) atoms. The Morgan fingerprint density at radius 3 is 2.74 bits per heavy atom. The first kappa shape index (κ1) is 13.9. The Morgan fingerprint density at radius 1 is 1.42 bits per heavy atom. The number of hydrogen-bond acceptors (Lipinski definition) is 4. The van der Waals surface area contributed by atoms with Crippen LogP contribution in [0.25, 0.3) is 0 Å². The Kier molecular flexibility index (Phi) is 4.14. The predicted octanol–water partition coefficient (Wildman–Crippen LogP) is 2.52. The number of hydrogen-bond donors (Lipinski definition) is 3. The molecule has 5 heteroatoms. The summed E-state index contributed by atoms with van der Waals surface area (Å²) in [6, 6.07) is 2.79. The topological polar surface area (TPSA) is 67.5 Å². The minimum Gasteiger partial charge on any atom is -0.491 e. The quantitative estimate of drug-likeness (QED) is 0.718. The van der Waals surface area contributed by atoms with Gasteiger partial charge >= 0.3 is 0 Å². The van der Waals surface area contributed by atoms with E-state index in [4.69, 9.17) is 10.5 Å². The number of halogens is 1. The van der Waals surface area contributed by atoms with Crippen LogP contribution < -0.4 is 15.8 Å². The summed E-state index contributed by atoms with van der Waals surface area (Å²) in [5.74, 6) is -0.290. The number of ether oxygens (including phenoxy) is 1. The Bertz CT molecular complexity index is 445. The Labute approximate surface area is 112 Å². The fourth-order valence-corrected chi connectivity index (χ4v) is 2.46. The van der Waals surface area contributed by atoms with Crippen LogP contribution >= 0.6 is 0 Å². The Hall–Kier alpha value is -1.49. The molecule has 0 aromatic heterocycles. The van der Waals surface area contributed by atoms with E-state index in [1.807, 2.05) is 0 Å². The highest BCUT2D eigenvalue weighted by molar-refractivity contribution is 5.68. The van der Waals surface area contributed by atoms with Crippen molar-refractivity contribution in [2.75, 3.05) is 24.2 Å². The van der Waals surface area contributed by atoms with Gasteiger partial charge in [0.15, 0.2) is 11.6 Å². The first-order chi connectivity index (χ1) is 9.04. The van der Waals surface area contributed by atoms with Crippen molar-refractivity contribution in [3.8, 4) is 5.75 Å². The SMILES string of the molecule is CCOc1cc(NCC2(O)CCCC2)c(N)cc1F. The minimum absolute atomic E-state index is 0.178. The molecule has 1 aliphatic rings. The average Bonchev–Trinajstić information content (AvgIpc) is 2.79. The van der Waals surface area contributed by atoms with Gasteiger partial charge in [0.25, 0.3) is 0 Å². The van der Waals surface area contributed by atoms with Crippen molar-refractivity contribution >= 4 is 11.4 Å². The van der Waals surface area contributed by atoms with E-state index < -0.39 is 11.4 Å². The monoisotopic (exact) mass is 268 g/mol. The molecule has 1 saturated carbocycles. The van der Waals surface area contributed by atoms with Gasteiger partial charge in [-0.05, 0) is 19.8 Å². The summed E-state index contributed by atoms with van der Waals surface area (Å²) in [6.07, 6.45) is 3.67. The lowest BCUT2D eigenvalue weighted by Gasteiger charge is -2.23. The molecule has 2 rings (SSSR count). The highest BCUT2D eigenvalue weighted by Crippen LogP contribution is 2.32. The third-order valence-electron chi connectivity index (χ3n) is 3.55. The van der Waals surface area contributed by atoms with Gasteiger partial charge in [0.1, 0.15) is 0 Å². The maximum Gasteiger partial charge on any atom is 0.167 e. The van der Waals surface area contributed by atoms with E-state index in [0.717, 1.165) is 25.7 Å². The van der Waals surface area contributed by atoms with Crippen molar-refractivity contribution in [3.05, 3.63) is 17.9 Å². The van der Waals surface area contributed by atoms with Crippen LogP contribution in [0, 0.1) is 5.82 Å². The van der Waals surface area contributed by atoms with Crippen LogP contribution in [0.15, 0.2) is 12.1 Å². The van der Waals surface area contributed by atoms with Crippen molar-refractivity contribution in [3.63, 3.8) is 0 Å². The summed E-state index contributed by atoms with van der Waals surface area (Å²) in [4.78, 5) is 0. The van der Waals surface area contributed by atoms with Crippen LogP contribution in [0.1, 0.15) is 32.6 Å². The highest BCUT2D eigenvalue weighted by atomic mass is 19.1. The summed E-state index contributed by atoms with van der Waals surface area (Å²) >= 11 is 0. The Morgan fingerprint density at radius 2 is 2.11 bits per heavy atom. The molecule has 4 N–H and O–H groups in total. The fourth-order valence-electron chi connectivity index (χ4n) is 2.46. The summed E-state index contributed by atoms with van der Waals surface area (Å²) in [7, 11) is 0. The molecule has 0 saturated heterocycles. The van der Waals surface area contributed by atoms with E-state index in [1.165, 1.54) is 6.07 Å². The summed E-state index contributed by atoms with van der Waals surface area (Å²) in [5.41, 5.74) is 6.02. The molecule has 106 valence electrons. The van der Waals surface area contributed by atoms with Crippen LogP contribution in [0.5, 0.6) is 5.75 Å². The molecule has 0 atom stereocenters. The molecule has 0 unspecified atom stereocenters. The molecule has 0 amide bonds. The van der Waals surface area contributed by atoms with E-state index in [1.54, 1.807) is 13.0 Å². The van der Waals surface area contributed by atoms with Gasteiger partial charge in [-0.15, -0.1) is 0 Å². The third kappa shape index (κ3) is 3.29. The zero-order valence-corrected chi connectivity index (χ0v) is 11.2. The van der Waals surface area contributed by atoms with Crippen LogP contribution in [-0.2, 0) is 0 Å². The number of rotatable bonds is 5. The van der Waals surface area contributed by atoms with Gasteiger partial charge in [-0.2, -0.15) is 0 Å². The van der Waals surface area contributed by atoms with Crippen molar-refractivity contribution in [1.29, 1.82) is 0 Å². The van der Waals surface area contributed by atoms with Crippen LogP contribution in [0.2, 0.25) is 0 Å². The lowest BCUT2D eigenvalue weighted by molar-refractivity contribution is 0.0615. The number of nitrogens with two attached hydrogens (primary N) is 1. The molecule has 1 aromatic carbocycles. The Balaban J connectivity index is 2.08.